The summed E-state index contributed by atoms with van der Waals surface area (Å²) in [7, 11) is 3.47. The second kappa shape index (κ2) is 14.7. The number of benzene rings is 2. The standard InChI is InChI=1S/C39H38N8O6/c1-45(2)36(51)30-22-46(26-9-6-7-10-26)34-29(30)21-40-39(44-34)42-25-15-13-24(14-16-25)41-32(48)11-5-3-4-8-23-12-17-27-28(20-23)38(53)47(37(27)52)31-18-19-33(49)43-35(31)50/h12-17,20-22,26,31H,3,5-7,9-11,18-19H2,1-2H3,(H,41,48)(H,40,42,44)(H,43,49,50). The molecule has 1 unspecified atom stereocenters. The van der Waals surface area contributed by atoms with Crippen molar-refractivity contribution in [2.75, 3.05) is 24.7 Å². The number of nitrogens with one attached hydrogen (secondary N) is 3. The van der Waals surface area contributed by atoms with Gasteiger partial charge in [0.25, 0.3) is 17.7 Å². The first-order valence-corrected chi connectivity index (χ1v) is 17.7. The molecule has 2 aromatic carbocycles. The number of aromatic nitrogens is 3. The van der Waals surface area contributed by atoms with E-state index < -0.39 is 29.7 Å². The van der Waals surface area contributed by atoms with Crippen molar-refractivity contribution < 1.29 is 28.8 Å². The van der Waals surface area contributed by atoms with Gasteiger partial charge in [-0.3, -0.25) is 39.0 Å². The number of hydrogen-bond donors (Lipinski definition) is 3. The van der Waals surface area contributed by atoms with Crippen molar-refractivity contribution in [3.8, 4) is 11.8 Å². The monoisotopic (exact) mass is 714 g/mol. The maximum absolute atomic E-state index is 13.0. The number of piperidine rings is 1. The smallest absolute Gasteiger partial charge is 0.262 e. The van der Waals surface area contributed by atoms with Crippen molar-refractivity contribution >= 4 is 63.8 Å². The lowest BCUT2D eigenvalue weighted by molar-refractivity contribution is -0.136. The van der Waals surface area contributed by atoms with Crippen LogP contribution in [0.15, 0.2) is 54.9 Å². The van der Waals surface area contributed by atoms with E-state index in [1.807, 2.05) is 18.3 Å². The predicted octanol–water partition coefficient (Wildman–Crippen LogP) is 4.55. The molecule has 2 aliphatic heterocycles. The largest absolute Gasteiger partial charge is 0.345 e. The molecule has 14 heteroatoms. The molecule has 3 aliphatic rings. The van der Waals surface area contributed by atoms with Crippen LogP contribution < -0.4 is 16.0 Å². The molecule has 2 fully saturated rings. The van der Waals surface area contributed by atoms with Crippen molar-refractivity contribution in [3.63, 3.8) is 0 Å². The van der Waals surface area contributed by atoms with Gasteiger partial charge in [0, 0.05) is 68.7 Å². The molecule has 4 heterocycles. The van der Waals surface area contributed by atoms with E-state index in [1.54, 1.807) is 43.4 Å². The van der Waals surface area contributed by atoms with Gasteiger partial charge in [0.05, 0.1) is 22.1 Å². The van der Waals surface area contributed by atoms with Crippen LogP contribution in [0.1, 0.15) is 100 Å². The SMILES string of the molecule is CN(C)C(=O)c1cn(C2CCCC2)c2nc(Nc3ccc(NC(=O)CCCC#Cc4ccc5c(c4)C(=O)N(C4CCC(=O)NC4=O)C5=O)cc3)ncc12. The number of unbranched alkanes of at least 4 members (excludes halogenated alkanes) is 1. The zero-order chi connectivity index (χ0) is 37.2. The fourth-order valence-corrected chi connectivity index (χ4v) is 7.00. The molecule has 1 saturated heterocycles. The minimum atomic E-state index is -1.03. The molecule has 6 amide bonds. The maximum Gasteiger partial charge on any atom is 0.262 e. The van der Waals surface area contributed by atoms with Crippen LogP contribution in [0, 0.1) is 11.8 Å². The van der Waals surface area contributed by atoms with E-state index in [4.69, 9.17) is 4.98 Å². The fourth-order valence-electron chi connectivity index (χ4n) is 7.00. The van der Waals surface area contributed by atoms with Gasteiger partial charge in [-0.2, -0.15) is 4.98 Å². The molecular formula is C39H38N8O6. The summed E-state index contributed by atoms with van der Waals surface area (Å²) < 4.78 is 2.12. The second-order valence-electron chi connectivity index (χ2n) is 13.6. The molecule has 14 nitrogen and oxygen atoms in total. The highest BCUT2D eigenvalue weighted by molar-refractivity contribution is 6.23. The summed E-state index contributed by atoms with van der Waals surface area (Å²) in [6, 6.07) is 11.2. The first kappa shape index (κ1) is 35.1. The molecule has 1 saturated carbocycles. The zero-order valence-corrected chi connectivity index (χ0v) is 29.4. The molecule has 2 aromatic heterocycles. The number of amides is 6. The van der Waals surface area contributed by atoms with Gasteiger partial charge in [0.2, 0.25) is 23.7 Å². The van der Waals surface area contributed by atoms with Gasteiger partial charge < -0.3 is 20.1 Å². The Kier molecular flexibility index (Phi) is 9.73. The highest BCUT2D eigenvalue weighted by atomic mass is 16.2. The number of anilines is 3. The topological polar surface area (TPSA) is 176 Å². The van der Waals surface area contributed by atoms with E-state index in [0.29, 0.717) is 41.6 Å². The van der Waals surface area contributed by atoms with Crippen LogP contribution >= 0.6 is 0 Å². The molecule has 1 atom stereocenters. The summed E-state index contributed by atoms with van der Waals surface area (Å²) in [5.41, 5.74) is 3.58. The minimum absolute atomic E-state index is 0.0522. The predicted molar refractivity (Wildman–Crippen MR) is 195 cm³/mol. The lowest BCUT2D eigenvalue weighted by Gasteiger charge is -2.27. The molecule has 7 rings (SSSR count). The Bertz CT molecular complexity index is 2230. The van der Waals surface area contributed by atoms with E-state index in [1.165, 1.54) is 12.1 Å². The third-order valence-corrected chi connectivity index (χ3v) is 9.73. The zero-order valence-electron chi connectivity index (χ0n) is 29.4. The molecule has 270 valence electrons. The average Bonchev–Trinajstić information content (AvgIpc) is 3.86. The Labute approximate surface area is 305 Å². The summed E-state index contributed by atoms with van der Waals surface area (Å²) >= 11 is 0. The minimum Gasteiger partial charge on any atom is -0.345 e. The Morgan fingerprint density at radius 3 is 2.43 bits per heavy atom. The number of imide groups is 2. The molecule has 0 bridgehead atoms. The molecule has 0 radical (unpaired) electrons. The third kappa shape index (κ3) is 7.23. The summed E-state index contributed by atoms with van der Waals surface area (Å²) in [6.07, 6.45) is 9.33. The van der Waals surface area contributed by atoms with Crippen molar-refractivity contribution in [1.29, 1.82) is 0 Å². The van der Waals surface area contributed by atoms with Gasteiger partial charge in [0.1, 0.15) is 11.7 Å². The fraction of sp³-hybridized carbons (Fsp3) is 0.333. The van der Waals surface area contributed by atoms with Gasteiger partial charge in [0.15, 0.2) is 0 Å². The van der Waals surface area contributed by atoms with Gasteiger partial charge >= 0.3 is 0 Å². The van der Waals surface area contributed by atoms with Crippen LogP contribution in [0.3, 0.4) is 0 Å². The Hall–Kier alpha value is -6.36. The van der Waals surface area contributed by atoms with Gasteiger partial charge in [-0.15, -0.1) is 0 Å². The van der Waals surface area contributed by atoms with Crippen molar-refractivity contribution in [1.82, 2.24) is 29.7 Å². The third-order valence-electron chi connectivity index (χ3n) is 9.73. The van der Waals surface area contributed by atoms with Gasteiger partial charge in [-0.1, -0.05) is 24.7 Å². The van der Waals surface area contributed by atoms with Gasteiger partial charge in [-0.05, 0) is 68.1 Å². The van der Waals surface area contributed by atoms with E-state index in [9.17, 15) is 28.8 Å². The number of nitrogens with zero attached hydrogens (tertiary/aromatic N) is 5. The molecule has 3 N–H and O–H groups in total. The normalized spacial score (nSPS) is 17.0. The molecule has 1 aliphatic carbocycles. The summed E-state index contributed by atoms with van der Waals surface area (Å²) in [6.45, 7) is 0. The van der Waals surface area contributed by atoms with Crippen LogP contribution in [-0.2, 0) is 14.4 Å². The summed E-state index contributed by atoms with van der Waals surface area (Å²) in [5.74, 6) is 3.92. The Balaban J connectivity index is 0.913. The number of rotatable bonds is 9. The van der Waals surface area contributed by atoms with E-state index in [-0.39, 0.29) is 42.2 Å². The van der Waals surface area contributed by atoms with Crippen molar-refractivity contribution in [2.24, 2.45) is 0 Å². The number of carbonyl (C=O) groups excluding carboxylic acids is 6. The highest BCUT2D eigenvalue weighted by Gasteiger charge is 2.44. The van der Waals surface area contributed by atoms with Crippen molar-refractivity contribution in [3.05, 3.63) is 77.1 Å². The Morgan fingerprint density at radius 1 is 0.962 bits per heavy atom. The first-order valence-electron chi connectivity index (χ1n) is 17.7. The van der Waals surface area contributed by atoms with Crippen molar-refractivity contribution in [2.45, 2.75) is 69.9 Å². The molecule has 53 heavy (non-hydrogen) atoms. The number of fused-ring (bicyclic) bond motifs is 2. The summed E-state index contributed by atoms with van der Waals surface area (Å²) in [5, 5.41) is 9.04. The molecule has 4 aromatic rings. The average molecular weight is 715 g/mol. The first-order chi connectivity index (χ1) is 25.6. The van der Waals surface area contributed by atoms with Gasteiger partial charge in [-0.25, -0.2) is 4.98 Å². The lowest BCUT2D eigenvalue weighted by atomic mass is 10.0. The highest BCUT2D eigenvalue weighted by Crippen LogP contribution is 2.34. The van der Waals surface area contributed by atoms with Crippen LogP contribution in [0.25, 0.3) is 11.0 Å². The molecule has 0 spiro atoms. The van der Waals surface area contributed by atoms with Crippen LogP contribution in [-0.4, -0.2) is 79.9 Å². The van der Waals surface area contributed by atoms with E-state index in [2.05, 4.69) is 37.3 Å². The van der Waals surface area contributed by atoms with E-state index >= 15 is 0 Å². The summed E-state index contributed by atoms with van der Waals surface area (Å²) in [4.78, 5) is 87.0. The number of hydrogen-bond acceptors (Lipinski definition) is 9. The van der Waals surface area contributed by atoms with E-state index in [0.717, 1.165) is 47.3 Å². The second-order valence-corrected chi connectivity index (χ2v) is 13.6. The number of carbonyl (C=O) groups is 6. The lowest BCUT2D eigenvalue weighted by Crippen LogP contribution is -2.54. The van der Waals surface area contributed by atoms with Crippen LogP contribution in [0.2, 0.25) is 0 Å². The Morgan fingerprint density at radius 2 is 1.70 bits per heavy atom. The van der Waals surface area contributed by atoms with Crippen LogP contribution in [0.4, 0.5) is 17.3 Å². The maximum atomic E-state index is 13.0. The quantitative estimate of drug-likeness (QED) is 0.128. The molecular weight excluding hydrogens is 676 g/mol. The van der Waals surface area contributed by atoms with Crippen LogP contribution in [0.5, 0.6) is 0 Å².